The molecule has 0 fully saturated rings. The first-order chi connectivity index (χ1) is 16.1. The molecule has 178 valence electrons. The van der Waals surface area contributed by atoms with Gasteiger partial charge in [-0.1, -0.05) is 77.4 Å². The highest BCUT2D eigenvalue weighted by Gasteiger charge is 2.42. The summed E-state index contributed by atoms with van der Waals surface area (Å²) in [5, 5.41) is 0. The molecule has 0 spiro atoms. The predicted octanol–water partition coefficient (Wildman–Crippen LogP) is 4.72. The molecule has 1 heterocycles. The fraction of sp³-hybridized carbons (Fsp3) is 0.345. The van der Waals surface area contributed by atoms with Gasteiger partial charge in [0.25, 0.3) is 0 Å². The van der Waals surface area contributed by atoms with E-state index < -0.39 is 10.1 Å². The van der Waals surface area contributed by atoms with Crippen LogP contribution in [0, 0.1) is 20.8 Å². The molecule has 0 aromatic heterocycles. The molecular formula is C29H33NO3S. The summed E-state index contributed by atoms with van der Waals surface area (Å²) in [6.45, 7) is 7.61. The van der Waals surface area contributed by atoms with Crippen molar-refractivity contribution in [1.82, 2.24) is 0 Å². The van der Waals surface area contributed by atoms with Gasteiger partial charge in [-0.3, -0.25) is 0 Å². The molecule has 0 unspecified atom stereocenters. The van der Waals surface area contributed by atoms with E-state index in [4.69, 9.17) is 0 Å². The Balaban J connectivity index is 1.77. The van der Waals surface area contributed by atoms with Crippen LogP contribution in [0.1, 0.15) is 45.4 Å². The highest BCUT2D eigenvalue weighted by Crippen LogP contribution is 2.37. The maximum absolute atomic E-state index is 11.2. The molecule has 0 bridgehead atoms. The molecule has 1 aliphatic heterocycles. The van der Waals surface area contributed by atoms with Gasteiger partial charge in [0.15, 0.2) is 12.8 Å². The third-order valence-electron chi connectivity index (χ3n) is 6.77. The second kappa shape index (κ2) is 9.85. The van der Waals surface area contributed by atoms with Crippen molar-refractivity contribution in [2.45, 2.75) is 45.4 Å². The summed E-state index contributed by atoms with van der Waals surface area (Å²) in [5.74, 6) is -0.332. The Bertz CT molecular complexity index is 1240. The second-order valence-corrected chi connectivity index (χ2v) is 11.4. The summed E-state index contributed by atoms with van der Waals surface area (Å²) in [7, 11) is -4.22. The lowest BCUT2D eigenvalue weighted by Crippen LogP contribution is -2.45. The molecule has 0 atom stereocenters. The highest BCUT2D eigenvalue weighted by molar-refractivity contribution is 7.85. The first kappa shape index (κ1) is 24.4. The average molecular weight is 476 g/mol. The van der Waals surface area contributed by atoms with Gasteiger partial charge < -0.3 is 4.55 Å². The maximum Gasteiger partial charge on any atom is 0.171 e. The van der Waals surface area contributed by atoms with Crippen LogP contribution in [0.15, 0.2) is 66.7 Å². The summed E-state index contributed by atoms with van der Waals surface area (Å²) in [6, 6.07) is 24.2. The largest absolute Gasteiger partial charge is 0.748 e. The zero-order valence-electron chi connectivity index (χ0n) is 20.3. The molecule has 34 heavy (non-hydrogen) atoms. The van der Waals surface area contributed by atoms with Crippen LogP contribution in [0.4, 0.5) is 0 Å². The molecule has 1 aliphatic rings. The van der Waals surface area contributed by atoms with Crippen LogP contribution in [0.2, 0.25) is 0 Å². The first-order valence-corrected chi connectivity index (χ1v) is 13.4. The van der Waals surface area contributed by atoms with Gasteiger partial charge in [0.2, 0.25) is 0 Å². The van der Waals surface area contributed by atoms with E-state index in [0.29, 0.717) is 13.0 Å². The molecule has 3 aromatic rings. The predicted molar refractivity (Wildman–Crippen MR) is 137 cm³/mol. The third-order valence-corrected chi connectivity index (χ3v) is 7.56. The summed E-state index contributed by atoms with van der Waals surface area (Å²) in [4.78, 5) is 0. The quantitative estimate of drug-likeness (QED) is 0.350. The van der Waals surface area contributed by atoms with Crippen molar-refractivity contribution in [2.75, 3.05) is 18.8 Å². The maximum atomic E-state index is 11.2. The summed E-state index contributed by atoms with van der Waals surface area (Å²) < 4.78 is 35.8. The molecule has 0 N–H and O–H groups in total. The summed E-state index contributed by atoms with van der Waals surface area (Å²) in [6.07, 6.45) is 4.22. The molecule has 0 aliphatic carbocycles. The Labute approximate surface area is 203 Å². The molecule has 0 saturated heterocycles. The zero-order valence-corrected chi connectivity index (χ0v) is 21.1. The Morgan fingerprint density at radius 2 is 1.35 bits per heavy atom. The van der Waals surface area contributed by atoms with E-state index in [2.05, 4.69) is 98.3 Å². The molecule has 4 rings (SSSR count). The number of rotatable bonds is 8. The van der Waals surface area contributed by atoms with Crippen LogP contribution < -0.4 is 0 Å². The minimum Gasteiger partial charge on any atom is -0.748 e. The number of aryl methyl sites for hydroxylation is 3. The van der Waals surface area contributed by atoms with E-state index in [1.807, 2.05) is 0 Å². The van der Waals surface area contributed by atoms with Crippen molar-refractivity contribution in [2.24, 2.45) is 0 Å². The van der Waals surface area contributed by atoms with Crippen LogP contribution >= 0.6 is 0 Å². The van der Waals surface area contributed by atoms with Crippen molar-refractivity contribution < 1.29 is 17.5 Å². The van der Waals surface area contributed by atoms with Crippen LogP contribution in [-0.2, 0) is 28.4 Å². The Kier molecular flexibility index (Phi) is 7.06. The van der Waals surface area contributed by atoms with Crippen LogP contribution in [-0.4, -0.2) is 42.6 Å². The van der Waals surface area contributed by atoms with E-state index in [1.54, 1.807) is 0 Å². The van der Waals surface area contributed by atoms with Crippen LogP contribution in [0.25, 0.3) is 0 Å². The fourth-order valence-electron chi connectivity index (χ4n) is 5.13. The molecular weight excluding hydrogens is 442 g/mol. The number of nitrogens with zero attached hydrogens (tertiary/aromatic N) is 1. The molecule has 0 saturated carbocycles. The van der Waals surface area contributed by atoms with E-state index in [1.165, 1.54) is 38.9 Å². The van der Waals surface area contributed by atoms with Gasteiger partial charge in [0.1, 0.15) is 6.54 Å². The summed E-state index contributed by atoms with van der Waals surface area (Å²) >= 11 is 0. The Hall–Kier alpha value is -2.76. The van der Waals surface area contributed by atoms with Crippen molar-refractivity contribution in [3.8, 4) is 0 Å². The zero-order chi connectivity index (χ0) is 24.3. The van der Waals surface area contributed by atoms with Gasteiger partial charge in [-0.05, 0) is 56.4 Å². The molecule has 0 radical (unpaired) electrons. The lowest BCUT2D eigenvalue weighted by Gasteiger charge is -2.36. The normalized spacial score (nSPS) is 15.0. The Morgan fingerprint density at radius 1 is 0.824 bits per heavy atom. The van der Waals surface area contributed by atoms with Crippen molar-refractivity contribution in [3.63, 3.8) is 0 Å². The lowest BCUT2D eigenvalue weighted by atomic mass is 9.68. The molecule has 3 aromatic carbocycles. The number of hydrogen-bond donors (Lipinski definition) is 0. The van der Waals surface area contributed by atoms with Crippen molar-refractivity contribution in [1.29, 1.82) is 0 Å². The van der Waals surface area contributed by atoms with Gasteiger partial charge in [-0.2, -0.15) is 0 Å². The number of fused-ring (bicyclic) bond motifs is 1. The monoisotopic (exact) mass is 475 g/mol. The minimum atomic E-state index is -4.22. The van der Waals surface area contributed by atoms with Gasteiger partial charge in [-0.25, -0.2) is 13.0 Å². The number of benzene rings is 3. The SMILES string of the molecule is Cc1ccc(CC2(Cc3ccc(C)cc3)C[N+](CCCS(=O)(=O)[O-])=Cc3cc(C)ccc32)cc1. The summed E-state index contributed by atoms with van der Waals surface area (Å²) in [5.41, 5.74) is 8.57. The van der Waals surface area contributed by atoms with Gasteiger partial charge in [0.05, 0.1) is 15.5 Å². The third kappa shape index (κ3) is 6.02. The van der Waals surface area contributed by atoms with E-state index in [0.717, 1.165) is 19.4 Å². The Morgan fingerprint density at radius 3 is 1.88 bits per heavy atom. The molecule has 5 heteroatoms. The van der Waals surface area contributed by atoms with E-state index in [-0.39, 0.29) is 11.2 Å². The average Bonchev–Trinajstić information content (AvgIpc) is 2.76. The van der Waals surface area contributed by atoms with Crippen LogP contribution in [0.5, 0.6) is 0 Å². The van der Waals surface area contributed by atoms with Gasteiger partial charge in [-0.15, -0.1) is 0 Å². The van der Waals surface area contributed by atoms with Crippen molar-refractivity contribution in [3.05, 3.63) is 106 Å². The molecule has 0 amide bonds. The first-order valence-electron chi connectivity index (χ1n) is 11.9. The number of hydrogen-bond acceptors (Lipinski definition) is 3. The smallest absolute Gasteiger partial charge is 0.171 e. The van der Waals surface area contributed by atoms with E-state index in [9.17, 15) is 13.0 Å². The standard InChI is InChI=1S/C29H33NO3S/c1-22-5-10-25(11-6-22)18-29(19-26-12-7-23(2)8-13-26)21-30(15-4-16-34(31,32)33)20-27-17-24(3)9-14-28(27)29/h5-14,17,20H,4,15-16,18-19,21H2,1-3H3. The molecule has 4 nitrogen and oxygen atoms in total. The highest BCUT2D eigenvalue weighted by atomic mass is 32.2. The fourth-order valence-corrected chi connectivity index (χ4v) is 5.62. The van der Waals surface area contributed by atoms with Crippen LogP contribution in [0.3, 0.4) is 0 Å². The lowest BCUT2D eigenvalue weighted by molar-refractivity contribution is -0.534. The minimum absolute atomic E-state index is 0.182. The topological polar surface area (TPSA) is 60.2 Å². The van der Waals surface area contributed by atoms with Crippen molar-refractivity contribution >= 4 is 16.3 Å². The van der Waals surface area contributed by atoms with Gasteiger partial charge in [0, 0.05) is 17.7 Å². The van der Waals surface area contributed by atoms with E-state index >= 15 is 0 Å². The second-order valence-electron chi connectivity index (χ2n) is 9.91. The van der Waals surface area contributed by atoms with Gasteiger partial charge >= 0.3 is 0 Å².